The second-order valence-electron chi connectivity index (χ2n) is 5.62. The van der Waals surface area contributed by atoms with Gasteiger partial charge in [-0.25, -0.2) is 4.79 Å². The molecule has 0 radical (unpaired) electrons. The van der Waals surface area contributed by atoms with Crippen LogP contribution >= 0.6 is 0 Å². The highest BCUT2D eigenvalue weighted by atomic mass is 19.4. The monoisotopic (exact) mass is 354 g/mol. The van der Waals surface area contributed by atoms with Crippen LogP contribution in [-0.2, 0) is 24.7 Å². The van der Waals surface area contributed by atoms with E-state index in [2.05, 4.69) is 11.3 Å². The number of allylic oxidation sites excluding steroid dienone is 2. The van der Waals surface area contributed by atoms with Gasteiger partial charge in [0.2, 0.25) is 0 Å². The van der Waals surface area contributed by atoms with Crippen LogP contribution in [0.2, 0.25) is 0 Å². The molecule has 25 heavy (non-hydrogen) atoms. The van der Waals surface area contributed by atoms with Crippen molar-refractivity contribution in [1.29, 1.82) is 0 Å². The summed E-state index contributed by atoms with van der Waals surface area (Å²) >= 11 is 0. The third-order valence-corrected chi connectivity index (χ3v) is 4.04. The second-order valence-corrected chi connectivity index (χ2v) is 5.62. The highest BCUT2D eigenvalue weighted by Crippen LogP contribution is 2.43. The van der Waals surface area contributed by atoms with Gasteiger partial charge in [-0.2, -0.15) is 13.2 Å². The molecule has 7 heteroatoms. The van der Waals surface area contributed by atoms with Crippen LogP contribution in [0.4, 0.5) is 13.2 Å². The van der Waals surface area contributed by atoms with Gasteiger partial charge >= 0.3 is 12.1 Å². The van der Waals surface area contributed by atoms with Crippen molar-refractivity contribution in [1.82, 2.24) is 0 Å². The van der Waals surface area contributed by atoms with E-state index in [1.165, 1.54) is 30.4 Å². The van der Waals surface area contributed by atoms with E-state index >= 15 is 0 Å². The quantitative estimate of drug-likeness (QED) is 0.761. The maximum atomic E-state index is 13.7. The summed E-state index contributed by atoms with van der Waals surface area (Å²) in [4.78, 5) is 23.8. The summed E-state index contributed by atoms with van der Waals surface area (Å²) in [5.74, 6) is -2.34. The van der Waals surface area contributed by atoms with Crippen molar-refractivity contribution in [2.24, 2.45) is 5.92 Å². The number of hydrogen-bond donors (Lipinski definition) is 0. The topological polar surface area (TPSA) is 52.6 Å². The normalized spacial score (nSPS) is 20.2. The van der Waals surface area contributed by atoms with Crippen molar-refractivity contribution in [2.75, 3.05) is 13.7 Å². The van der Waals surface area contributed by atoms with E-state index < -0.39 is 23.7 Å². The van der Waals surface area contributed by atoms with Gasteiger partial charge in [-0.3, -0.25) is 4.79 Å². The first-order valence-corrected chi connectivity index (χ1v) is 7.46. The molecular formula is C18H17F3O4. The van der Waals surface area contributed by atoms with Crippen LogP contribution in [0.3, 0.4) is 0 Å². The van der Waals surface area contributed by atoms with Crippen LogP contribution in [-0.4, -0.2) is 31.6 Å². The fourth-order valence-corrected chi connectivity index (χ4v) is 2.61. The van der Waals surface area contributed by atoms with Crippen LogP contribution < -0.4 is 0 Å². The molecule has 1 aromatic rings. The Hall–Kier alpha value is -2.41. The Labute approximate surface area is 142 Å². The van der Waals surface area contributed by atoms with E-state index in [0.29, 0.717) is 5.57 Å². The smallest absolute Gasteiger partial charge is 0.432 e. The fourth-order valence-electron chi connectivity index (χ4n) is 2.61. The van der Waals surface area contributed by atoms with Crippen LogP contribution in [0, 0.1) is 5.92 Å². The predicted octanol–water partition coefficient (Wildman–Crippen LogP) is 3.34. The van der Waals surface area contributed by atoms with Gasteiger partial charge in [0.25, 0.3) is 5.60 Å². The summed E-state index contributed by atoms with van der Waals surface area (Å²) in [7, 11) is 0.799. The number of benzene rings is 1. The lowest BCUT2D eigenvalue weighted by Crippen LogP contribution is -2.52. The molecule has 0 aliphatic heterocycles. The largest absolute Gasteiger partial charge is 0.462 e. The summed E-state index contributed by atoms with van der Waals surface area (Å²) < 4.78 is 50.7. The average Bonchev–Trinajstić information content (AvgIpc) is 2.56. The summed E-state index contributed by atoms with van der Waals surface area (Å²) in [5, 5.41) is 0. The van der Waals surface area contributed by atoms with Gasteiger partial charge in [-0.05, 0) is 11.6 Å². The summed E-state index contributed by atoms with van der Waals surface area (Å²) in [6.45, 7) is 3.33. The molecule has 2 rings (SSSR count). The van der Waals surface area contributed by atoms with E-state index in [9.17, 15) is 22.8 Å². The molecule has 1 aliphatic carbocycles. The van der Waals surface area contributed by atoms with Gasteiger partial charge in [0.15, 0.2) is 5.78 Å². The van der Waals surface area contributed by atoms with Crippen molar-refractivity contribution in [2.45, 2.75) is 18.2 Å². The van der Waals surface area contributed by atoms with Crippen LogP contribution in [0.15, 0.2) is 54.6 Å². The third-order valence-electron chi connectivity index (χ3n) is 4.04. The molecule has 0 saturated heterocycles. The Kier molecular flexibility index (Phi) is 5.47. The molecule has 0 bridgehead atoms. The Morgan fingerprint density at radius 2 is 1.88 bits per heavy atom. The third kappa shape index (κ3) is 3.66. The fraction of sp³-hybridized carbons (Fsp3) is 0.333. The van der Waals surface area contributed by atoms with Gasteiger partial charge in [0.05, 0.1) is 6.61 Å². The molecule has 0 spiro atoms. The number of carbonyl (C=O) groups excluding carboxylic acids is 2. The van der Waals surface area contributed by atoms with Gasteiger partial charge in [-0.15, -0.1) is 0 Å². The van der Waals surface area contributed by atoms with Crippen LogP contribution in [0.25, 0.3) is 0 Å². The standard InChI is InChI=1S/C18H17F3O4/c1-12-8-9-15(22)10-13(12)11-25-16(23)17(24-2,18(19,20)21)14-6-4-3-5-7-14/h3-9,13H,1,10-11H2,2H3/t13-,17+/m1/s1. The number of ether oxygens (including phenoxy) is 2. The number of hydrogen-bond acceptors (Lipinski definition) is 4. The molecular weight excluding hydrogens is 337 g/mol. The van der Waals surface area contributed by atoms with Gasteiger partial charge < -0.3 is 9.47 Å². The van der Waals surface area contributed by atoms with Crippen molar-refractivity contribution in [3.05, 3.63) is 60.2 Å². The first-order chi connectivity index (χ1) is 11.7. The minimum Gasteiger partial charge on any atom is -0.462 e. The lowest BCUT2D eigenvalue weighted by atomic mass is 9.90. The maximum absolute atomic E-state index is 13.7. The zero-order chi connectivity index (χ0) is 18.7. The van der Waals surface area contributed by atoms with Crippen molar-refractivity contribution in [3.63, 3.8) is 0 Å². The van der Waals surface area contributed by atoms with Gasteiger partial charge in [0.1, 0.15) is 0 Å². The van der Waals surface area contributed by atoms with E-state index in [-0.39, 0.29) is 24.4 Å². The number of ketones is 1. The number of alkyl halides is 3. The molecule has 4 nitrogen and oxygen atoms in total. The maximum Gasteiger partial charge on any atom is 0.432 e. The first-order valence-electron chi connectivity index (χ1n) is 7.46. The van der Waals surface area contributed by atoms with E-state index in [1.54, 1.807) is 0 Å². The lowest BCUT2D eigenvalue weighted by molar-refractivity contribution is -0.276. The summed E-state index contributed by atoms with van der Waals surface area (Å²) in [5.41, 5.74) is -3.10. The minimum absolute atomic E-state index is 0.0277. The lowest BCUT2D eigenvalue weighted by Gasteiger charge is -2.33. The zero-order valence-electron chi connectivity index (χ0n) is 13.5. The molecule has 0 aromatic heterocycles. The number of carbonyl (C=O) groups is 2. The molecule has 0 amide bonds. The average molecular weight is 354 g/mol. The molecule has 2 atom stereocenters. The Morgan fingerprint density at radius 3 is 2.44 bits per heavy atom. The summed E-state index contributed by atoms with van der Waals surface area (Å²) in [6.07, 6.45) is -2.20. The molecule has 0 unspecified atom stereocenters. The van der Waals surface area contributed by atoms with E-state index in [4.69, 9.17) is 4.74 Å². The highest BCUT2D eigenvalue weighted by Gasteiger charge is 2.64. The number of halogens is 3. The molecule has 0 N–H and O–H groups in total. The Bertz CT molecular complexity index is 694. The first kappa shape index (κ1) is 18.9. The number of methoxy groups -OCH3 is 1. The van der Waals surface area contributed by atoms with Crippen molar-refractivity contribution >= 4 is 11.8 Å². The van der Waals surface area contributed by atoms with E-state index in [1.807, 2.05) is 0 Å². The minimum atomic E-state index is -5.03. The number of rotatable bonds is 5. The van der Waals surface area contributed by atoms with Crippen molar-refractivity contribution in [3.8, 4) is 0 Å². The molecule has 1 aliphatic rings. The number of esters is 1. The van der Waals surface area contributed by atoms with Crippen molar-refractivity contribution < 1.29 is 32.2 Å². The molecule has 134 valence electrons. The van der Waals surface area contributed by atoms with Gasteiger partial charge in [-0.1, -0.05) is 43.0 Å². The van der Waals surface area contributed by atoms with Crippen LogP contribution in [0.1, 0.15) is 12.0 Å². The highest BCUT2D eigenvalue weighted by molar-refractivity contribution is 5.92. The second kappa shape index (κ2) is 7.23. The van der Waals surface area contributed by atoms with Crippen LogP contribution in [0.5, 0.6) is 0 Å². The SMILES string of the molecule is C=C1C=CC(=O)C[C@@H]1COC(=O)[C@@](OC)(c1ccccc1)C(F)(F)F. The molecule has 1 aromatic carbocycles. The molecule has 0 fully saturated rings. The molecule has 0 heterocycles. The zero-order valence-corrected chi connectivity index (χ0v) is 13.5. The predicted molar refractivity (Wildman–Crippen MR) is 83.5 cm³/mol. The van der Waals surface area contributed by atoms with E-state index in [0.717, 1.165) is 19.2 Å². The Balaban J connectivity index is 2.26. The van der Waals surface area contributed by atoms with Gasteiger partial charge in [0, 0.05) is 25.0 Å². The Morgan fingerprint density at radius 1 is 1.24 bits per heavy atom. The molecule has 0 saturated carbocycles. The summed E-state index contributed by atoms with van der Waals surface area (Å²) in [6, 6.07) is 6.55.